The van der Waals surface area contributed by atoms with E-state index in [0.29, 0.717) is 11.4 Å². The van der Waals surface area contributed by atoms with Crippen molar-refractivity contribution in [1.29, 1.82) is 0 Å². The normalized spacial score (nSPS) is 12.5. The number of carbonyl (C=O) groups is 3. The molecule has 0 aliphatic rings. The lowest BCUT2D eigenvalue weighted by molar-refractivity contribution is -0.150. The first kappa shape index (κ1) is 23.9. The van der Waals surface area contributed by atoms with Gasteiger partial charge in [0.2, 0.25) is 0 Å². The number of carbonyl (C=O) groups excluding carboxylic acids is 3. The van der Waals surface area contributed by atoms with Crippen LogP contribution in [-0.4, -0.2) is 30.6 Å². The molecule has 0 aliphatic heterocycles. The quantitative estimate of drug-likeness (QED) is 0.514. The molecule has 7 heteroatoms. The Labute approximate surface area is 183 Å². The maximum absolute atomic E-state index is 12.5. The van der Waals surface area contributed by atoms with E-state index in [1.807, 2.05) is 30.3 Å². The van der Waals surface area contributed by atoms with Crippen LogP contribution >= 0.6 is 0 Å². The van der Waals surface area contributed by atoms with Crippen molar-refractivity contribution in [3.63, 3.8) is 0 Å². The van der Waals surface area contributed by atoms with E-state index in [0.717, 1.165) is 12.0 Å². The fourth-order valence-electron chi connectivity index (χ4n) is 3.00. The van der Waals surface area contributed by atoms with Crippen molar-refractivity contribution in [1.82, 2.24) is 5.32 Å². The molecule has 0 bridgehead atoms. The highest BCUT2D eigenvalue weighted by molar-refractivity contribution is 5.95. The minimum Gasteiger partial charge on any atom is -0.454 e. The molecule has 0 aromatic heterocycles. The second-order valence-corrected chi connectivity index (χ2v) is 7.74. The van der Waals surface area contributed by atoms with E-state index < -0.39 is 30.6 Å². The standard InChI is InChI=1S/C24H31N3O4/c1-5-17(4)19-13-9-10-14-20(19)26-21(28)15-31-23(29)22(16(2)3)27-24(30)25-18-11-7-6-8-12-18/h6-14,16-17,22H,5,15H2,1-4H3,(H,26,28)(H2,25,27,30)/t17-,22+/m0/s1. The summed E-state index contributed by atoms with van der Waals surface area (Å²) in [5.74, 6) is -1.02. The molecule has 0 saturated heterocycles. The highest BCUT2D eigenvalue weighted by atomic mass is 16.5. The zero-order chi connectivity index (χ0) is 22.8. The Hall–Kier alpha value is -3.35. The van der Waals surface area contributed by atoms with Gasteiger partial charge in [-0.2, -0.15) is 0 Å². The number of amides is 3. The van der Waals surface area contributed by atoms with Crippen LogP contribution in [0.25, 0.3) is 0 Å². The molecule has 166 valence electrons. The van der Waals surface area contributed by atoms with Gasteiger partial charge in [-0.25, -0.2) is 9.59 Å². The molecule has 2 rings (SSSR count). The van der Waals surface area contributed by atoms with Crippen molar-refractivity contribution in [2.24, 2.45) is 5.92 Å². The summed E-state index contributed by atoms with van der Waals surface area (Å²) in [5, 5.41) is 8.09. The molecule has 0 heterocycles. The topological polar surface area (TPSA) is 96.5 Å². The summed E-state index contributed by atoms with van der Waals surface area (Å²) in [6.07, 6.45) is 0.939. The Morgan fingerprint density at radius 3 is 2.19 bits per heavy atom. The van der Waals surface area contributed by atoms with Crippen LogP contribution in [-0.2, 0) is 14.3 Å². The summed E-state index contributed by atoms with van der Waals surface area (Å²) in [5.41, 5.74) is 2.35. The van der Waals surface area contributed by atoms with Crippen molar-refractivity contribution in [2.75, 3.05) is 17.2 Å². The van der Waals surface area contributed by atoms with E-state index in [9.17, 15) is 14.4 Å². The average molecular weight is 426 g/mol. The second kappa shape index (κ2) is 11.7. The summed E-state index contributed by atoms with van der Waals surface area (Å²) in [4.78, 5) is 37.1. The van der Waals surface area contributed by atoms with Gasteiger partial charge in [0, 0.05) is 11.4 Å². The average Bonchev–Trinajstić information content (AvgIpc) is 2.76. The van der Waals surface area contributed by atoms with Crippen molar-refractivity contribution >= 4 is 29.3 Å². The van der Waals surface area contributed by atoms with E-state index in [2.05, 4.69) is 29.8 Å². The van der Waals surface area contributed by atoms with Crippen LogP contribution in [0.5, 0.6) is 0 Å². The minimum absolute atomic E-state index is 0.219. The van der Waals surface area contributed by atoms with Crippen LogP contribution in [0.2, 0.25) is 0 Å². The lowest BCUT2D eigenvalue weighted by Crippen LogP contribution is -2.47. The lowest BCUT2D eigenvalue weighted by Gasteiger charge is -2.21. The van der Waals surface area contributed by atoms with Gasteiger partial charge in [0.05, 0.1) is 0 Å². The van der Waals surface area contributed by atoms with Crippen molar-refractivity contribution in [2.45, 2.75) is 46.1 Å². The van der Waals surface area contributed by atoms with Crippen molar-refractivity contribution in [3.8, 4) is 0 Å². The minimum atomic E-state index is -0.885. The number of nitrogens with one attached hydrogen (secondary N) is 3. The van der Waals surface area contributed by atoms with Crippen molar-refractivity contribution < 1.29 is 19.1 Å². The van der Waals surface area contributed by atoms with Crippen LogP contribution in [0.15, 0.2) is 54.6 Å². The van der Waals surface area contributed by atoms with E-state index in [-0.39, 0.29) is 11.8 Å². The molecule has 0 unspecified atom stereocenters. The second-order valence-electron chi connectivity index (χ2n) is 7.74. The number of benzene rings is 2. The Bertz CT molecular complexity index is 883. The number of ether oxygens (including phenoxy) is 1. The largest absolute Gasteiger partial charge is 0.454 e. The molecular weight excluding hydrogens is 394 g/mol. The van der Waals surface area contributed by atoms with Gasteiger partial charge in [-0.1, -0.05) is 64.1 Å². The molecule has 0 spiro atoms. The first-order chi connectivity index (χ1) is 14.8. The van der Waals surface area contributed by atoms with Crippen LogP contribution in [0.4, 0.5) is 16.2 Å². The van der Waals surface area contributed by atoms with Gasteiger partial charge in [-0.15, -0.1) is 0 Å². The van der Waals surface area contributed by atoms with Gasteiger partial charge in [0.25, 0.3) is 5.91 Å². The highest BCUT2D eigenvalue weighted by Crippen LogP contribution is 2.26. The number of rotatable bonds is 9. The summed E-state index contributed by atoms with van der Waals surface area (Å²) >= 11 is 0. The smallest absolute Gasteiger partial charge is 0.329 e. The van der Waals surface area contributed by atoms with Gasteiger partial charge in [-0.3, -0.25) is 4.79 Å². The molecule has 0 saturated carbocycles. The van der Waals surface area contributed by atoms with Gasteiger partial charge in [-0.05, 0) is 42.0 Å². The monoisotopic (exact) mass is 425 g/mol. The van der Waals surface area contributed by atoms with Crippen LogP contribution in [0, 0.1) is 5.92 Å². The van der Waals surface area contributed by atoms with E-state index in [4.69, 9.17) is 4.74 Å². The Balaban J connectivity index is 1.91. The van der Waals surface area contributed by atoms with Gasteiger partial charge >= 0.3 is 12.0 Å². The molecule has 3 amide bonds. The lowest BCUT2D eigenvalue weighted by atomic mass is 9.97. The molecule has 2 atom stereocenters. The van der Waals surface area contributed by atoms with E-state index >= 15 is 0 Å². The van der Waals surface area contributed by atoms with Gasteiger partial charge in [0.1, 0.15) is 6.04 Å². The van der Waals surface area contributed by atoms with Crippen LogP contribution in [0.3, 0.4) is 0 Å². The van der Waals surface area contributed by atoms with Gasteiger partial charge < -0.3 is 20.7 Å². The van der Waals surface area contributed by atoms with E-state index in [1.165, 1.54) is 0 Å². The number of hydrogen-bond acceptors (Lipinski definition) is 4. The van der Waals surface area contributed by atoms with Crippen molar-refractivity contribution in [3.05, 3.63) is 60.2 Å². The third kappa shape index (κ3) is 7.44. The Morgan fingerprint density at radius 1 is 0.903 bits per heavy atom. The summed E-state index contributed by atoms with van der Waals surface area (Å²) < 4.78 is 5.18. The molecule has 31 heavy (non-hydrogen) atoms. The summed E-state index contributed by atoms with van der Waals surface area (Å²) in [7, 11) is 0. The zero-order valence-corrected chi connectivity index (χ0v) is 18.5. The SMILES string of the molecule is CC[C@H](C)c1ccccc1NC(=O)COC(=O)[C@H](NC(=O)Nc1ccccc1)C(C)C. The third-order valence-corrected chi connectivity index (χ3v) is 4.96. The first-order valence-corrected chi connectivity index (χ1v) is 10.5. The maximum Gasteiger partial charge on any atom is 0.329 e. The number of para-hydroxylation sites is 2. The number of anilines is 2. The van der Waals surface area contributed by atoms with Crippen LogP contribution < -0.4 is 16.0 Å². The van der Waals surface area contributed by atoms with Gasteiger partial charge in [0.15, 0.2) is 6.61 Å². The van der Waals surface area contributed by atoms with Crippen LogP contribution in [0.1, 0.15) is 45.6 Å². The number of urea groups is 1. The number of hydrogen-bond donors (Lipinski definition) is 3. The predicted octanol–water partition coefficient (Wildman–Crippen LogP) is 4.53. The molecule has 3 N–H and O–H groups in total. The summed E-state index contributed by atoms with van der Waals surface area (Å²) in [6, 6.07) is 15.1. The Morgan fingerprint density at radius 2 is 1.55 bits per heavy atom. The predicted molar refractivity (Wildman–Crippen MR) is 122 cm³/mol. The molecule has 2 aromatic rings. The fraction of sp³-hybridized carbons (Fsp3) is 0.375. The zero-order valence-electron chi connectivity index (χ0n) is 18.5. The first-order valence-electron chi connectivity index (χ1n) is 10.5. The highest BCUT2D eigenvalue weighted by Gasteiger charge is 2.26. The summed E-state index contributed by atoms with van der Waals surface area (Å²) in [6.45, 7) is 7.32. The Kier molecular flexibility index (Phi) is 9.06. The maximum atomic E-state index is 12.5. The molecular formula is C24H31N3O4. The third-order valence-electron chi connectivity index (χ3n) is 4.96. The molecule has 0 aliphatic carbocycles. The fourth-order valence-corrected chi connectivity index (χ4v) is 3.00. The van der Waals surface area contributed by atoms with E-state index in [1.54, 1.807) is 38.1 Å². The number of esters is 1. The molecule has 0 fully saturated rings. The molecule has 0 radical (unpaired) electrons. The molecule has 2 aromatic carbocycles. The molecule has 7 nitrogen and oxygen atoms in total.